The molecule has 0 aliphatic rings. The van der Waals surface area contributed by atoms with Gasteiger partial charge in [0.05, 0.1) is 33.3 Å². The van der Waals surface area contributed by atoms with Crippen molar-refractivity contribution in [1.29, 1.82) is 0 Å². The Morgan fingerprint density at radius 1 is 1.08 bits per heavy atom. The minimum absolute atomic E-state index is 0.105. The fraction of sp³-hybridized carbons (Fsp3) is 0.316. The van der Waals surface area contributed by atoms with Crippen molar-refractivity contribution in [2.24, 2.45) is 0 Å². The fourth-order valence-corrected chi connectivity index (χ4v) is 2.49. The van der Waals surface area contributed by atoms with Crippen LogP contribution in [0.5, 0.6) is 17.2 Å². The van der Waals surface area contributed by atoms with Gasteiger partial charge >= 0.3 is 0 Å². The van der Waals surface area contributed by atoms with E-state index in [0.717, 1.165) is 5.56 Å². The Kier molecular flexibility index (Phi) is 6.95. The third-order valence-corrected chi connectivity index (χ3v) is 3.94. The van der Waals surface area contributed by atoms with Crippen LogP contribution < -0.4 is 19.5 Å². The zero-order valence-corrected chi connectivity index (χ0v) is 15.3. The Balaban J connectivity index is 1.88. The third kappa shape index (κ3) is 5.57. The molecule has 2 rings (SSSR count). The molecule has 0 unspecified atom stereocenters. The van der Waals surface area contributed by atoms with Crippen LogP contribution in [0.25, 0.3) is 0 Å². The summed E-state index contributed by atoms with van der Waals surface area (Å²) in [5, 5.41) is 3.59. The highest BCUT2D eigenvalue weighted by Gasteiger charge is 2.15. The number of hydrogen-bond acceptors (Lipinski definition) is 4. The molecular weight excluding hydrogens is 342 g/mol. The molecule has 1 amide bonds. The highest BCUT2D eigenvalue weighted by atomic mass is 35.5. The van der Waals surface area contributed by atoms with Crippen LogP contribution >= 0.6 is 11.6 Å². The van der Waals surface area contributed by atoms with Gasteiger partial charge in [-0.05, 0) is 49.4 Å². The number of amides is 1. The quantitative estimate of drug-likeness (QED) is 0.770. The average molecular weight is 364 g/mol. The average Bonchev–Trinajstić information content (AvgIpc) is 2.62. The molecule has 134 valence electrons. The van der Waals surface area contributed by atoms with E-state index in [1.165, 1.54) is 0 Å². The van der Waals surface area contributed by atoms with Crippen LogP contribution in [-0.2, 0) is 4.79 Å². The van der Waals surface area contributed by atoms with Gasteiger partial charge in [0, 0.05) is 10.6 Å². The minimum Gasteiger partial charge on any atom is -0.497 e. The number of methoxy groups -OCH3 is 2. The number of ether oxygens (including phenoxy) is 3. The molecule has 0 aliphatic heterocycles. The van der Waals surface area contributed by atoms with Crippen LogP contribution in [0.3, 0.4) is 0 Å². The molecule has 0 saturated heterocycles. The smallest absolute Gasteiger partial charge is 0.223 e. The van der Waals surface area contributed by atoms with Crippen LogP contribution in [0.1, 0.15) is 24.9 Å². The summed E-state index contributed by atoms with van der Waals surface area (Å²) in [4.78, 5) is 12.1. The molecule has 0 heterocycles. The molecule has 5 nitrogen and oxygen atoms in total. The summed E-state index contributed by atoms with van der Waals surface area (Å²) in [6.07, 6.45) is 0.249. The zero-order chi connectivity index (χ0) is 18.2. The number of carbonyl (C=O) groups excluding carboxylic acids is 1. The number of nitrogens with one attached hydrogen (secondary N) is 1. The standard InChI is InChI=1S/C19H22ClNO4/c1-13(17-12-16(23-2)8-9-18(17)24-3)21-19(22)10-11-25-15-6-4-14(20)5-7-15/h4-9,12-13H,10-11H2,1-3H3,(H,21,22)/t13-/m1/s1. The summed E-state index contributed by atoms with van der Waals surface area (Å²) >= 11 is 5.82. The lowest BCUT2D eigenvalue weighted by Crippen LogP contribution is -2.28. The Bertz CT molecular complexity index is 703. The molecule has 0 saturated carbocycles. The first kappa shape index (κ1) is 18.9. The molecule has 1 N–H and O–H groups in total. The van der Waals surface area contributed by atoms with Crippen molar-refractivity contribution in [2.75, 3.05) is 20.8 Å². The van der Waals surface area contributed by atoms with Gasteiger partial charge in [-0.25, -0.2) is 0 Å². The first-order valence-corrected chi connectivity index (χ1v) is 8.31. The second-order valence-corrected chi connectivity index (χ2v) is 5.89. The maximum absolute atomic E-state index is 12.1. The SMILES string of the molecule is COc1ccc(OC)c([C@@H](C)NC(=O)CCOc2ccc(Cl)cc2)c1. The van der Waals surface area contributed by atoms with Gasteiger partial charge in [0.2, 0.25) is 5.91 Å². The minimum atomic E-state index is -0.215. The molecule has 0 aromatic heterocycles. The summed E-state index contributed by atoms with van der Waals surface area (Å²) in [6.45, 7) is 2.19. The number of hydrogen-bond donors (Lipinski definition) is 1. The molecule has 0 fully saturated rings. The van der Waals surface area contributed by atoms with E-state index in [-0.39, 0.29) is 25.0 Å². The first-order valence-electron chi connectivity index (χ1n) is 7.93. The molecule has 25 heavy (non-hydrogen) atoms. The second-order valence-electron chi connectivity index (χ2n) is 5.45. The highest BCUT2D eigenvalue weighted by Crippen LogP contribution is 2.29. The van der Waals surface area contributed by atoms with E-state index >= 15 is 0 Å². The lowest BCUT2D eigenvalue weighted by molar-refractivity contribution is -0.122. The summed E-state index contributed by atoms with van der Waals surface area (Å²) in [7, 11) is 3.20. The fourth-order valence-electron chi connectivity index (χ4n) is 2.36. The van der Waals surface area contributed by atoms with E-state index in [1.54, 1.807) is 38.5 Å². The van der Waals surface area contributed by atoms with Gasteiger partial charge < -0.3 is 19.5 Å². The molecule has 1 atom stereocenters. The Hall–Kier alpha value is -2.40. The predicted octanol–water partition coefficient (Wildman–Crippen LogP) is 4.00. The predicted molar refractivity (Wildman–Crippen MR) is 97.7 cm³/mol. The van der Waals surface area contributed by atoms with Crippen molar-refractivity contribution < 1.29 is 19.0 Å². The van der Waals surface area contributed by atoms with Crippen molar-refractivity contribution in [1.82, 2.24) is 5.32 Å². The van der Waals surface area contributed by atoms with Crippen LogP contribution in [0.4, 0.5) is 0 Å². The number of halogens is 1. The van der Waals surface area contributed by atoms with Gasteiger partial charge in [-0.1, -0.05) is 11.6 Å². The van der Waals surface area contributed by atoms with Gasteiger partial charge in [-0.2, -0.15) is 0 Å². The topological polar surface area (TPSA) is 56.8 Å². The van der Waals surface area contributed by atoms with E-state index in [2.05, 4.69) is 5.32 Å². The highest BCUT2D eigenvalue weighted by molar-refractivity contribution is 6.30. The van der Waals surface area contributed by atoms with E-state index < -0.39 is 0 Å². The normalized spacial score (nSPS) is 11.5. The second kappa shape index (κ2) is 9.18. The summed E-state index contributed by atoms with van der Waals surface area (Å²) < 4.78 is 16.1. The van der Waals surface area contributed by atoms with E-state index in [1.807, 2.05) is 25.1 Å². The summed E-state index contributed by atoms with van der Waals surface area (Å²) in [6, 6.07) is 12.3. The largest absolute Gasteiger partial charge is 0.497 e. The lowest BCUT2D eigenvalue weighted by atomic mass is 10.1. The van der Waals surface area contributed by atoms with Gasteiger partial charge in [0.25, 0.3) is 0 Å². The Morgan fingerprint density at radius 2 is 1.76 bits per heavy atom. The summed E-state index contributed by atoms with van der Waals surface area (Å²) in [5.74, 6) is 1.99. The molecule has 2 aromatic carbocycles. The number of rotatable bonds is 8. The molecule has 2 aromatic rings. The maximum Gasteiger partial charge on any atom is 0.223 e. The molecule has 0 aliphatic carbocycles. The van der Waals surface area contributed by atoms with Crippen molar-refractivity contribution in [2.45, 2.75) is 19.4 Å². The summed E-state index contributed by atoms with van der Waals surface area (Å²) in [5.41, 5.74) is 0.855. The molecule has 0 spiro atoms. The van der Waals surface area contributed by atoms with Gasteiger partial charge in [-0.15, -0.1) is 0 Å². The van der Waals surface area contributed by atoms with Crippen molar-refractivity contribution in [3.05, 3.63) is 53.1 Å². The van der Waals surface area contributed by atoms with Crippen LogP contribution in [-0.4, -0.2) is 26.7 Å². The van der Waals surface area contributed by atoms with Crippen molar-refractivity contribution in [3.63, 3.8) is 0 Å². The van der Waals surface area contributed by atoms with Crippen LogP contribution in [0.15, 0.2) is 42.5 Å². The van der Waals surface area contributed by atoms with E-state index in [4.69, 9.17) is 25.8 Å². The van der Waals surface area contributed by atoms with Crippen LogP contribution in [0, 0.1) is 0 Å². The zero-order valence-electron chi connectivity index (χ0n) is 14.5. The van der Waals surface area contributed by atoms with Crippen LogP contribution in [0.2, 0.25) is 5.02 Å². The van der Waals surface area contributed by atoms with E-state index in [0.29, 0.717) is 22.3 Å². The molecular formula is C19H22ClNO4. The Morgan fingerprint density at radius 3 is 2.40 bits per heavy atom. The third-order valence-electron chi connectivity index (χ3n) is 3.69. The number of carbonyl (C=O) groups is 1. The molecule has 0 radical (unpaired) electrons. The Labute approximate surface area is 152 Å². The van der Waals surface area contributed by atoms with Gasteiger partial charge in [0.1, 0.15) is 17.2 Å². The molecule has 6 heteroatoms. The van der Waals surface area contributed by atoms with Gasteiger partial charge in [0.15, 0.2) is 0 Å². The van der Waals surface area contributed by atoms with Gasteiger partial charge in [-0.3, -0.25) is 4.79 Å². The monoisotopic (exact) mass is 363 g/mol. The van der Waals surface area contributed by atoms with Crippen molar-refractivity contribution >= 4 is 17.5 Å². The number of benzene rings is 2. The maximum atomic E-state index is 12.1. The lowest BCUT2D eigenvalue weighted by Gasteiger charge is -2.18. The van der Waals surface area contributed by atoms with Crippen molar-refractivity contribution in [3.8, 4) is 17.2 Å². The first-order chi connectivity index (χ1) is 12.0. The van der Waals surface area contributed by atoms with E-state index in [9.17, 15) is 4.79 Å². The molecule has 0 bridgehead atoms.